The van der Waals surface area contributed by atoms with Crippen LogP contribution in [0.25, 0.3) is 0 Å². The maximum atomic E-state index is 5.97. The molecule has 1 aliphatic carbocycles. The van der Waals surface area contributed by atoms with Gasteiger partial charge in [-0.2, -0.15) is 0 Å². The molecule has 1 aromatic rings. The van der Waals surface area contributed by atoms with Crippen LogP contribution in [0.15, 0.2) is 12.3 Å². The van der Waals surface area contributed by atoms with E-state index in [0.29, 0.717) is 0 Å². The number of nitrogens with zero attached hydrogens (tertiary/aromatic N) is 2. The van der Waals surface area contributed by atoms with E-state index in [9.17, 15) is 0 Å². The van der Waals surface area contributed by atoms with Gasteiger partial charge < -0.3 is 11.1 Å². The Morgan fingerprint density at radius 1 is 1.53 bits per heavy atom. The average molecular weight is 234 g/mol. The lowest BCUT2D eigenvalue weighted by Crippen LogP contribution is -2.31. The lowest BCUT2D eigenvalue weighted by Gasteiger charge is -2.20. The molecule has 0 radical (unpaired) electrons. The van der Waals surface area contributed by atoms with Crippen molar-refractivity contribution in [2.45, 2.75) is 32.7 Å². The molecule has 17 heavy (non-hydrogen) atoms. The average Bonchev–Trinajstić information content (AvgIpc) is 3.14. The van der Waals surface area contributed by atoms with Gasteiger partial charge in [-0.3, -0.25) is 4.90 Å². The van der Waals surface area contributed by atoms with Crippen LogP contribution in [0.4, 0.5) is 11.5 Å². The maximum absolute atomic E-state index is 5.97. The minimum absolute atomic E-state index is 0.766. The highest BCUT2D eigenvalue weighted by molar-refractivity contribution is 5.64. The summed E-state index contributed by atoms with van der Waals surface area (Å²) in [7, 11) is 0. The first-order valence-corrected chi connectivity index (χ1v) is 6.41. The summed E-state index contributed by atoms with van der Waals surface area (Å²) in [5, 5.41) is 3.32. The molecule has 0 aromatic carbocycles. The van der Waals surface area contributed by atoms with E-state index in [2.05, 4.69) is 22.1 Å². The molecule has 0 amide bonds. The predicted molar refractivity (Wildman–Crippen MR) is 72.1 cm³/mol. The number of hydrogen-bond acceptors (Lipinski definition) is 4. The summed E-state index contributed by atoms with van der Waals surface area (Å²) in [5.41, 5.74) is 7.81. The number of nitrogens with two attached hydrogens (primary N) is 1. The minimum atomic E-state index is 0.766. The molecule has 1 aromatic heterocycles. The Labute approximate surface area is 103 Å². The molecular weight excluding hydrogens is 212 g/mol. The molecule has 0 unspecified atom stereocenters. The number of pyridine rings is 1. The van der Waals surface area contributed by atoms with Crippen molar-refractivity contribution in [2.75, 3.05) is 30.7 Å². The molecule has 3 N–H and O–H groups in total. The molecular formula is C13H22N4. The second-order valence-electron chi connectivity index (χ2n) is 4.68. The molecule has 1 saturated carbocycles. The number of nitrogen functional groups attached to an aromatic ring is 1. The SMILES string of the molecule is CCN(CCNc1nccc(C)c1N)C1CC1. The molecule has 94 valence electrons. The zero-order valence-electron chi connectivity index (χ0n) is 10.7. The van der Waals surface area contributed by atoms with Gasteiger partial charge >= 0.3 is 0 Å². The molecule has 0 aliphatic heterocycles. The highest BCUT2D eigenvalue weighted by Gasteiger charge is 2.27. The molecule has 0 atom stereocenters. The number of aromatic nitrogens is 1. The van der Waals surface area contributed by atoms with Crippen LogP contribution in [-0.2, 0) is 0 Å². The van der Waals surface area contributed by atoms with Gasteiger partial charge in [-0.1, -0.05) is 6.92 Å². The van der Waals surface area contributed by atoms with Gasteiger partial charge in [-0.05, 0) is 37.9 Å². The van der Waals surface area contributed by atoms with E-state index in [1.807, 2.05) is 13.0 Å². The van der Waals surface area contributed by atoms with Gasteiger partial charge in [0.25, 0.3) is 0 Å². The molecule has 1 fully saturated rings. The smallest absolute Gasteiger partial charge is 0.149 e. The van der Waals surface area contributed by atoms with Crippen molar-refractivity contribution in [3.05, 3.63) is 17.8 Å². The molecule has 2 rings (SSSR count). The topological polar surface area (TPSA) is 54.2 Å². The zero-order chi connectivity index (χ0) is 12.3. The van der Waals surface area contributed by atoms with E-state index >= 15 is 0 Å². The first kappa shape index (κ1) is 12.2. The largest absolute Gasteiger partial charge is 0.396 e. The Kier molecular flexibility index (Phi) is 3.84. The van der Waals surface area contributed by atoms with Crippen molar-refractivity contribution < 1.29 is 0 Å². The van der Waals surface area contributed by atoms with Gasteiger partial charge in [0.05, 0.1) is 5.69 Å². The highest BCUT2D eigenvalue weighted by Crippen LogP contribution is 2.26. The molecule has 0 spiro atoms. The normalized spacial score (nSPS) is 15.2. The summed E-state index contributed by atoms with van der Waals surface area (Å²) in [6.45, 7) is 7.33. The monoisotopic (exact) mass is 234 g/mol. The molecule has 4 nitrogen and oxygen atoms in total. The Bertz CT molecular complexity index is 374. The van der Waals surface area contributed by atoms with Crippen molar-refractivity contribution >= 4 is 11.5 Å². The van der Waals surface area contributed by atoms with Gasteiger partial charge in [-0.25, -0.2) is 4.98 Å². The van der Waals surface area contributed by atoms with E-state index in [0.717, 1.165) is 42.7 Å². The number of hydrogen-bond donors (Lipinski definition) is 2. The van der Waals surface area contributed by atoms with Gasteiger partial charge in [0.1, 0.15) is 5.82 Å². The second kappa shape index (κ2) is 5.36. The Morgan fingerprint density at radius 2 is 2.29 bits per heavy atom. The number of anilines is 2. The van der Waals surface area contributed by atoms with Crippen molar-refractivity contribution in [2.24, 2.45) is 0 Å². The van der Waals surface area contributed by atoms with Gasteiger partial charge in [0, 0.05) is 25.3 Å². The van der Waals surface area contributed by atoms with E-state index in [1.165, 1.54) is 12.8 Å². The number of rotatable bonds is 6. The van der Waals surface area contributed by atoms with E-state index in [-0.39, 0.29) is 0 Å². The molecule has 1 aliphatic rings. The summed E-state index contributed by atoms with van der Waals surface area (Å²) < 4.78 is 0. The molecule has 1 heterocycles. The third kappa shape index (κ3) is 3.09. The summed E-state index contributed by atoms with van der Waals surface area (Å²) in [6.07, 6.45) is 4.52. The molecule has 4 heteroatoms. The predicted octanol–water partition coefficient (Wildman–Crippen LogP) is 1.87. The first-order chi connectivity index (χ1) is 8.22. The summed E-state index contributed by atoms with van der Waals surface area (Å²) in [6, 6.07) is 2.76. The van der Waals surface area contributed by atoms with Gasteiger partial charge in [-0.15, -0.1) is 0 Å². The van der Waals surface area contributed by atoms with Crippen LogP contribution in [0.5, 0.6) is 0 Å². The summed E-state index contributed by atoms with van der Waals surface area (Å²) in [5.74, 6) is 0.817. The third-order valence-corrected chi connectivity index (χ3v) is 3.37. The van der Waals surface area contributed by atoms with Crippen molar-refractivity contribution in [3.63, 3.8) is 0 Å². The number of aryl methyl sites for hydroxylation is 1. The van der Waals surface area contributed by atoms with Crippen molar-refractivity contribution in [3.8, 4) is 0 Å². The number of likely N-dealkylation sites (N-methyl/N-ethyl adjacent to an activating group) is 1. The fourth-order valence-corrected chi connectivity index (χ4v) is 2.07. The number of nitrogens with one attached hydrogen (secondary N) is 1. The zero-order valence-corrected chi connectivity index (χ0v) is 10.7. The van der Waals surface area contributed by atoms with Crippen LogP contribution < -0.4 is 11.1 Å². The van der Waals surface area contributed by atoms with Crippen molar-refractivity contribution in [1.29, 1.82) is 0 Å². The third-order valence-electron chi connectivity index (χ3n) is 3.37. The minimum Gasteiger partial charge on any atom is -0.396 e. The van der Waals surface area contributed by atoms with Gasteiger partial charge in [0.2, 0.25) is 0 Å². The Hall–Kier alpha value is -1.29. The van der Waals surface area contributed by atoms with Crippen LogP contribution in [-0.4, -0.2) is 35.6 Å². The van der Waals surface area contributed by atoms with E-state index < -0.39 is 0 Å². The quantitative estimate of drug-likeness (QED) is 0.789. The van der Waals surface area contributed by atoms with Crippen LogP contribution in [0.3, 0.4) is 0 Å². The maximum Gasteiger partial charge on any atom is 0.149 e. The molecule has 0 bridgehead atoms. The van der Waals surface area contributed by atoms with Crippen LogP contribution in [0, 0.1) is 6.92 Å². The van der Waals surface area contributed by atoms with Crippen LogP contribution in [0.1, 0.15) is 25.3 Å². The summed E-state index contributed by atoms with van der Waals surface area (Å²) >= 11 is 0. The lowest BCUT2D eigenvalue weighted by atomic mass is 10.2. The van der Waals surface area contributed by atoms with E-state index in [4.69, 9.17) is 5.73 Å². The Morgan fingerprint density at radius 3 is 2.94 bits per heavy atom. The Balaban J connectivity index is 1.83. The standard InChI is InChI=1S/C13H22N4/c1-3-17(11-4-5-11)9-8-16-13-12(14)10(2)6-7-15-13/h6-7,11H,3-5,8-9,14H2,1-2H3,(H,15,16). The van der Waals surface area contributed by atoms with Crippen molar-refractivity contribution in [1.82, 2.24) is 9.88 Å². The highest BCUT2D eigenvalue weighted by atomic mass is 15.2. The fourth-order valence-electron chi connectivity index (χ4n) is 2.07. The summed E-state index contributed by atoms with van der Waals surface area (Å²) in [4.78, 5) is 6.78. The second-order valence-corrected chi connectivity index (χ2v) is 4.68. The molecule has 0 saturated heterocycles. The first-order valence-electron chi connectivity index (χ1n) is 6.41. The van der Waals surface area contributed by atoms with Crippen LogP contribution >= 0.6 is 0 Å². The van der Waals surface area contributed by atoms with Crippen LogP contribution in [0.2, 0.25) is 0 Å². The van der Waals surface area contributed by atoms with Gasteiger partial charge in [0.15, 0.2) is 0 Å². The fraction of sp³-hybridized carbons (Fsp3) is 0.615. The lowest BCUT2D eigenvalue weighted by molar-refractivity contribution is 0.289. The van der Waals surface area contributed by atoms with E-state index in [1.54, 1.807) is 6.20 Å².